The van der Waals surface area contributed by atoms with Crippen molar-refractivity contribution in [3.05, 3.63) is 29.6 Å². The Morgan fingerprint density at radius 3 is 2.25 bits per heavy atom. The Bertz CT molecular complexity index is 933. The molecular formula is C21H28N2O3S2. The molecule has 1 amide bonds. The molecule has 5 nitrogen and oxygen atoms in total. The van der Waals surface area contributed by atoms with Crippen LogP contribution in [0.5, 0.6) is 0 Å². The minimum atomic E-state index is -3.21. The number of nitrogens with one attached hydrogen (secondary N) is 1. The topological polar surface area (TPSA) is 76.1 Å². The zero-order valence-corrected chi connectivity index (χ0v) is 18.5. The summed E-state index contributed by atoms with van der Waals surface area (Å²) in [6, 6.07) is 6.64. The minimum absolute atomic E-state index is 0.0556. The van der Waals surface area contributed by atoms with Crippen LogP contribution < -0.4 is 5.32 Å². The van der Waals surface area contributed by atoms with E-state index in [2.05, 4.69) is 31.1 Å². The number of carbonyl (C=O) groups is 1. The van der Waals surface area contributed by atoms with Gasteiger partial charge in [-0.15, -0.1) is 11.3 Å². The molecule has 1 N–H and O–H groups in total. The van der Waals surface area contributed by atoms with Crippen molar-refractivity contribution >= 4 is 32.2 Å². The molecule has 0 atom stereocenters. The van der Waals surface area contributed by atoms with E-state index in [1.807, 2.05) is 5.38 Å². The summed E-state index contributed by atoms with van der Waals surface area (Å²) >= 11 is 1.39. The standard InChI is InChI=1S/C21H28N2O3S2/c1-21(2,3)16-9-5-15(6-10-16)19(24)23-20-22-18(13-27-20)14-7-11-17(12-8-14)28(4,25)26/h7-8,11-13,15-16H,5-6,9-10H2,1-4H3,(H,22,23,24). The Morgan fingerprint density at radius 1 is 1.11 bits per heavy atom. The molecule has 1 aromatic heterocycles. The van der Waals surface area contributed by atoms with E-state index in [0.717, 1.165) is 36.9 Å². The number of thiazole rings is 1. The Kier molecular flexibility index (Phi) is 5.96. The third-order valence-corrected chi connectivity index (χ3v) is 7.52. The van der Waals surface area contributed by atoms with Crippen LogP contribution in [-0.4, -0.2) is 25.6 Å². The first-order chi connectivity index (χ1) is 13.0. The largest absolute Gasteiger partial charge is 0.302 e. The third kappa shape index (κ3) is 5.00. The maximum atomic E-state index is 12.6. The fourth-order valence-corrected chi connectivity index (χ4v) is 5.12. The van der Waals surface area contributed by atoms with Gasteiger partial charge in [0.25, 0.3) is 0 Å². The number of hydrogen-bond donors (Lipinski definition) is 1. The third-order valence-electron chi connectivity index (χ3n) is 5.64. The summed E-state index contributed by atoms with van der Waals surface area (Å²) in [4.78, 5) is 17.4. The summed E-state index contributed by atoms with van der Waals surface area (Å²) in [7, 11) is -3.21. The summed E-state index contributed by atoms with van der Waals surface area (Å²) in [5.41, 5.74) is 1.87. The lowest BCUT2D eigenvalue weighted by Gasteiger charge is -2.36. The fraction of sp³-hybridized carbons (Fsp3) is 0.524. The second-order valence-corrected chi connectivity index (χ2v) is 11.6. The molecule has 0 aliphatic heterocycles. The highest BCUT2D eigenvalue weighted by atomic mass is 32.2. The highest BCUT2D eigenvalue weighted by molar-refractivity contribution is 7.90. The van der Waals surface area contributed by atoms with Crippen molar-refractivity contribution in [3.63, 3.8) is 0 Å². The first-order valence-electron chi connectivity index (χ1n) is 9.61. The Labute approximate surface area is 171 Å². The molecule has 1 fully saturated rings. The van der Waals surface area contributed by atoms with Gasteiger partial charge in [-0.25, -0.2) is 13.4 Å². The highest BCUT2D eigenvalue weighted by Gasteiger charge is 2.32. The normalized spacial score (nSPS) is 20.7. The van der Waals surface area contributed by atoms with Gasteiger partial charge < -0.3 is 5.32 Å². The van der Waals surface area contributed by atoms with Gasteiger partial charge in [-0.2, -0.15) is 0 Å². The number of carbonyl (C=O) groups excluding carboxylic acids is 1. The second-order valence-electron chi connectivity index (χ2n) is 8.74. The lowest BCUT2D eigenvalue weighted by molar-refractivity contribution is -0.121. The second kappa shape index (κ2) is 7.95. The molecule has 0 unspecified atom stereocenters. The molecule has 1 saturated carbocycles. The summed E-state index contributed by atoms with van der Waals surface area (Å²) in [6.07, 6.45) is 5.24. The van der Waals surface area contributed by atoms with Crippen molar-refractivity contribution in [1.82, 2.24) is 4.98 Å². The van der Waals surface area contributed by atoms with Gasteiger partial charge in [-0.1, -0.05) is 32.9 Å². The zero-order chi connectivity index (χ0) is 20.5. The van der Waals surface area contributed by atoms with Crippen LogP contribution in [0, 0.1) is 17.3 Å². The molecule has 0 radical (unpaired) electrons. The van der Waals surface area contributed by atoms with Crippen LogP contribution >= 0.6 is 11.3 Å². The van der Waals surface area contributed by atoms with Crippen LogP contribution in [0.4, 0.5) is 5.13 Å². The summed E-state index contributed by atoms with van der Waals surface area (Å²) in [5.74, 6) is 0.790. The molecule has 0 bridgehead atoms. The number of benzene rings is 1. The van der Waals surface area contributed by atoms with Gasteiger partial charge in [0.15, 0.2) is 15.0 Å². The van der Waals surface area contributed by atoms with Gasteiger partial charge in [-0.3, -0.25) is 4.79 Å². The van der Waals surface area contributed by atoms with E-state index in [4.69, 9.17) is 0 Å². The van der Waals surface area contributed by atoms with Crippen LogP contribution in [0.3, 0.4) is 0 Å². The average Bonchev–Trinajstić information content (AvgIpc) is 3.09. The van der Waals surface area contributed by atoms with E-state index >= 15 is 0 Å². The van der Waals surface area contributed by atoms with E-state index in [1.54, 1.807) is 24.3 Å². The van der Waals surface area contributed by atoms with Gasteiger partial charge >= 0.3 is 0 Å². The smallest absolute Gasteiger partial charge is 0.229 e. The summed E-state index contributed by atoms with van der Waals surface area (Å²) in [6.45, 7) is 6.83. The van der Waals surface area contributed by atoms with Gasteiger partial charge in [0.1, 0.15) is 0 Å². The Hall–Kier alpha value is -1.73. The first-order valence-corrected chi connectivity index (χ1v) is 12.4. The molecule has 0 saturated heterocycles. The van der Waals surface area contributed by atoms with Crippen molar-refractivity contribution in [3.8, 4) is 11.3 Å². The van der Waals surface area contributed by atoms with Crippen LogP contribution in [0.2, 0.25) is 0 Å². The predicted octanol–water partition coefficient (Wildman–Crippen LogP) is 5.00. The molecule has 7 heteroatoms. The van der Waals surface area contributed by atoms with E-state index in [1.165, 1.54) is 17.6 Å². The minimum Gasteiger partial charge on any atom is -0.302 e. The van der Waals surface area contributed by atoms with Gasteiger partial charge in [-0.05, 0) is 49.1 Å². The van der Waals surface area contributed by atoms with Crippen molar-refractivity contribution in [2.45, 2.75) is 51.3 Å². The first kappa shape index (κ1) is 21.0. The van der Waals surface area contributed by atoms with Gasteiger partial charge in [0.2, 0.25) is 5.91 Å². The average molecular weight is 421 g/mol. The summed E-state index contributed by atoms with van der Waals surface area (Å²) in [5, 5.41) is 5.43. The van der Waals surface area contributed by atoms with Crippen LogP contribution in [0.25, 0.3) is 11.3 Å². The molecule has 1 aliphatic carbocycles. The van der Waals surface area contributed by atoms with Crippen molar-refractivity contribution in [2.24, 2.45) is 17.3 Å². The van der Waals surface area contributed by atoms with Crippen molar-refractivity contribution in [1.29, 1.82) is 0 Å². The molecule has 3 rings (SSSR count). The van der Waals surface area contributed by atoms with E-state index in [-0.39, 0.29) is 16.7 Å². The number of hydrogen-bond acceptors (Lipinski definition) is 5. The van der Waals surface area contributed by atoms with Crippen LogP contribution in [-0.2, 0) is 14.6 Å². The van der Waals surface area contributed by atoms with Crippen LogP contribution in [0.15, 0.2) is 34.5 Å². The van der Waals surface area contributed by atoms with Crippen LogP contribution in [0.1, 0.15) is 46.5 Å². The lowest BCUT2D eigenvalue weighted by Crippen LogP contribution is -2.31. The highest BCUT2D eigenvalue weighted by Crippen LogP contribution is 2.40. The number of rotatable bonds is 4. The van der Waals surface area contributed by atoms with Crippen molar-refractivity contribution < 1.29 is 13.2 Å². The maximum Gasteiger partial charge on any atom is 0.229 e. The molecule has 2 aromatic rings. The number of sulfone groups is 1. The quantitative estimate of drug-likeness (QED) is 0.755. The van der Waals surface area contributed by atoms with Crippen molar-refractivity contribution in [2.75, 3.05) is 11.6 Å². The van der Waals surface area contributed by atoms with E-state index in [0.29, 0.717) is 16.5 Å². The number of aromatic nitrogens is 1. The lowest BCUT2D eigenvalue weighted by atomic mass is 9.70. The SMILES string of the molecule is CC(C)(C)C1CCC(C(=O)Nc2nc(-c3ccc(S(C)(=O)=O)cc3)cs2)CC1. The molecule has 152 valence electrons. The predicted molar refractivity (Wildman–Crippen MR) is 114 cm³/mol. The Morgan fingerprint density at radius 2 is 1.71 bits per heavy atom. The zero-order valence-electron chi connectivity index (χ0n) is 16.9. The van der Waals surface area contributed by atoms with E-state index < -0.39 is 9.84 Å². The summed E-state index contributed by atoms with van der Waals surface area (Å²) < 4.78 is 23.1. The number of anilines is 1. The number of amides is 1. The van der Waals surface area contributed by atoms with E-state index in [9.17, 15) is 13.2 Å². The molecule has 1 heterocycles. The Balaban J connectivity index is 1.61. The number of nitrogens with zero attached hydrogens (tertiary/aromatic N) is 1. The monoisotopic (exact) mass is 420 g/mol. The maximum absolute atomic E-state index is 12.6. The molecule has 1 aliphatic rings. The molecule has 1 aromatic carbocycles. The molecule has 0 spiro atoms. The van der Waals surface area contributed by atoms with Gasteiger partial charge in [0.05, 0.1) is 10.6 Å². The molecular weight excluding hydrogens is 392 g/mol. The fourth-order valence-electron chi connectivity index (χ4n) is 3.77. The molecule has 28 heavy (non-hydrogen) atoms. The van der Waals surface area contributed by atoms with Gasteiger partial charge in [0, 0.05) is 23.1 Å².